The van der Waals surface area contributed by atoms with Crippen LogP contribution in [0.25, 0.3) is 12.2 Å². The van der Waals surface area contributed by atoms with E-state index in [0.717, 1.165) is 15.9 Å². The fraction of sp³-hybridized carbons (Fsp3) is 0.500. The predicted octanol–water partition coefficient (Wildman–Crippen LogP) is -19.2. The van der Waals surface area contributed by atoms with Crippen LogP contribution in [0.1, 0.15) is 11.1 Å². The number of aliphatic hydroxyl groups excluding tert-OH is 12. The minimum Gasteiger partial charge on any atom is -0.748 e. The van der Waals surface area contributed by atoms with Crippen LogP contribution >= 0.6 is 0 Å². The van der Waals surface area contributed by atoms with E-state index in [1.54, 1.807) is 0 Å². The van der Waals surface area contributed by atoms with Gasteiger partial charge in [0, 0.05) is 38.4 Å². The normalized spacial score (nSPS) is 14.7. The molecule has 2 aromatic heterocycles. The Hall–Kier alpha value is -1.75. The van der Waals surface area contributed by atoms with Crippen molar-refractivity contribution >= 4 is 89.6 Å². The maximum Gasteiger partial charge on any atom is 1.00 e. The molecular formula is C40H56N12Na4O21S3. The van der Waals surface area contributed by atoms with Crippen molar-refractivity contribution in [2.45, 2.75) is 53.7 Å². The second kappa shape index (κ2) is 37.0. The average Bonchev–Trinajstić information content (AvgIpc) is 3.36. The van der Waals surface area contributed by atoms with Gasteiger partial charge in [-0.05, 0) is 23.4 Å². The van der Waals surface area contributed by atoms with E-state index < -0.39 is 179 Å². The van der Waals surface area contributed by atoms with Gasteiger partial charge in [0.15, 0.2) is 0 Å². The summed E-state index contributed by atoms with van der Waals surface area (Å²) >= 11 is 0. The number of benzene rings is 2. The summed E-state index contributed by atoms with van der Waals surface area (Å²) in [6, 6.07) is 9.05. The molecule has 0 fully saturated rings. The molecule has 0 aliphatic rings. The van der Waals surface area contributed by atoms with Gasteiger partial charge >= 0.3 is 118 Å². The Bertz CT molecular complexity index is 2890. The van der Waals surface area contributed by atoms with Crippen molar-refractivity contribution in [3.05, 3.63) is 53.6 Å². The summed E-state index contributed by atoms with van der Waals surface area (Å²) in [5, 5.41) is 131. The Morgan fingerprint density at radius 1 is 0.562 bits per heavy atom. The van der Waals surface area contributed by atoms with E-state index in [4.69, 9.17) is 5.11 Å². The number of aromatic nitrogens is 6. The summed E-state index contributed by atoms with van der Waals surface area (Å²) in [4.78, 5) is 26.2. The van der Waals surface area contributed by atoms with Crippen molar-refractivity contribution in [3.8, 4) is 0 Å². The Balaban J connectivity index is 0.0000156. The van der Waals surface area contributed by atoms with Crippen LogP contribution in [-0.4, -0.2) is 256 Å². The topological polar surface area (TPSA) is 546 Å². The van der Waals surface area contributed by atoms with Crippen molar-refractivity contribution in [2.24, 2.45) is 0 Å². The molecule has 0 amide bonds. The fourth-order valence-electron chi connectivity index (χ4n) is 6.63. The third-order valence-corrected chi connectivity index (χ3v) is 12.8. The number of anilines is 8. The molecule has 2 aromatic carbocycles. The molecule has 0 bridgehead atoms. The number of aliphatic hydroxyl groups is 12. The van der Waals surface area contributed by atoms with Gasteiger partial charge in [-0.2, -0.15) is 35.5 Å². The molecule has 0 aliphatic heterocycles. The quantitative estimate of drug-likeness (QED) is 0.00911. The van der Waals surface area contributed by atoms with Gasteiger partial charge in [-0.25, -0.2) is 25.3 Å². The smallest absolute Gasteiger partial charge is 0.748 e. The SMILES string of the molecule is O=S(=O)([O-])CCNc1nc(Nc2ccc(C=Cc3[c-]cc(Nc4nc(NCCS(=O)(=O)[O-])nc(N(CCO)C(CO)C(O)C(O)C(O)CO)n4)cc3)c(S(=O)(=O)[O-])c2)nc(N(CCO)CC(O)C(O)C(O)C(O)CO)n1.[Na+].[Na+].[Na+].[Na+]. The van der Waals surface area contributed by atoms with Crippen LogP contribution in [0.3, 0.4) is 0 Å². The second-order valence-electron chi connectivity index (χ2n) is 16.1. The molecule has 8 atom stereocenters. The maximum atomic E-state index is 12.6. The standard InChI is InChI=1S/C40H59N12O21S3.4Na/c53-13-11-51(18-27(58)32(62)34(64)29(60)21-57)39-47-35(41-9-15-74(65,66)67)45-38(49-39)44-25-8-5-23(30(17-25)76(71,72)73)4-1-22-2-6-24(7-3-22)43-37-46-36(42-10-16-75(68,69)70)48-40(50-37)52(12-14-54)26(19-55)31(61)33(63)28(59)20-56;;;;/h1-2,4-8,17,26-29,31-34,53-64H,9-16,18-21H2,(H,65,66,67)(H,68,69,70)(H,71,72,73)(H2,41,44,45,47,49)(H2,42,43,46,48,50);;;;/q-1;4*+1/p-3. The number of nitrogens with one attached hydrogen (secondary N) is 4. The summed E-state index contributed by atoms with van der Waals surface area (Å²) in [6.45, 7) is -6.59. The summed E-state index contributed by atoms with van der Waals surface area (Å²) in [5.74, 6) is -4.09. The van der Waals surface area contributed by atoms with E-state index in [9.17, 15) is 95.1 Å². The first-order chi connectivity index (χ1) is 35.7. The molecule has 33 nitrogen and oxygen atoms in total. The van der Waals surface area contributed by atoms with Crippen LogP contribution in [-0.2, 0) is 30.4 Å². The van der Waals surface area contributed by atoms with Gasteiger partial charge in [-0.1, -0.05) is 12.1 Å². The zero-order chi connectivity index (χ0) is 56.5. The van der Waals surface area contributed by atoms with E-state index >= 15 is 0 Å². The van der Waals surface area contributed by atoms with Gasteiger partial charge in [0.05, 0.1) is 75.7 Å². The van der Waals surface area contributed by atoms with Crippen molar-refractivity contribution < 1.29 is 218 Å². The van der Waals surface area contributed by atoms with Crippen molar-refractivity contribution in [1.82, 2.24) is 29.9 Å². The maximum absolute atomic E-state index is 12.6. The molecule has 0 saturated heterocycles. The summed E-state index contributed by atoms with van der Waals surface area (Å²) in [7, 11) is -14.7. The Kier molecular flexibility index (Phi) is 36.1. The van der Waals surface area contributed by atoms with Crippen LogP contribution < -0.4 is 149 Å². The predicted molar refractivity (Wildman–Crippen MR) is 262 cm³/mol. The molecule has 16 N–H and O–H groups in total. The monoisotopic (exact) mass is 1230 g/mol. The van der Waals surface area contributed by atoms with Crippen molar-refractivity contribution in [2.75, 3.05) is 108 Å². The van der Waals surface area contributed by atoms with Crippen molar-refractivity contribution in [1.29, 1.82) is 0 Å². The molecule has 424 valence electrons. The minimum atomic E-state index is -5.25. The molecule has 0 radical (unpaired) electrons. The number of hydrogen-bond acceptors (Lipinski definition) is 33. The third kappa shape index (κ3) is 25.5. The van der Waals surface area contributed by atoms with Crippen LogP contribution in [0.5, 0.6) is 0 Å². The zero-order valence-electron chi connectivity index (χ0n) is 43.6. The molecular weight excluding hydrogens is 1170 g/mol. The van der Waals surface area contributed by atoms with Gasteiger partial charge in [-0.15, -0.1) is 30.3 Å². The van der Waals surface area contributed by atoms with Crippen LogP contribution in [0.15, 0.2) is 41.3 Å². The van der Waals surface area contributed by atoms with Crippen LogP contribution in [0.4, 0.5) is 47.1 Å². The molecule has 0 spiro atoms. The van der Waals surface area contributed by atoms with Crippen molar-refractivity contribution in [3.63, 3.8) is 0 Å². The first-order valence-corrected chi connectivity index (χ1v) is 26.8. The van der Waals surface area contributed by atoms with E-state index in [0.29, 0.717) is 5.56 Å². The van der Waals surface area contributed by atoms with E-state index in [1.807, 2.05) is 0 Å². The fourth-order valence-corrected chi connectivity index (χ4v) is 8.03. The first kappa shape index (κ1) is 78.2. The number of nitrogens with zero attached hydrogens (tertiary/aromatic N) is 8. The van der Waals surface area contributed by atoms with Gasteiger partial charge in [0.25, 0.3) is 0 Å². The largest absolute Gasteiger partial charge is 1.00 e. The summed E-state index contributed by atoms with van der Waals surface area (Å²) in [6.07, 6.45) is -11.0. The molecule has 0 saturated carbocycles. The molecule has 8 unspecified atom stereocenters. The minimum absolute atomic E-state index is 0. The third-order valence-electron chi connectivity index (χ3n) is 10.5. The zero-order valence-corrected chi connectivity index (χ0v) is 54.0. The van der Waals surface area contributed by atoms with Crippen LogP contribution in [0.2, 0.25) is 0 Å². The van der Waals surface area contributed by atoms with Gasteiger partial charge in [-0.3, -0.25) is 0 Å². The molecule has 4 aromatic rings. The Morgan fingerprint density at radius 2 is 1.04 bits per heavy atom. The van der Waals surface area contributed by atoms with E-state index in [-0.39, 0.29) is 154 Å². The number of hydrogen-bond donors (Lipinski definition) is 16. The van der Waals surface area contributed by atoms with E-state index in [2.05, 4.69) is 57.2 Å². The number of rotatable bonds is 33. The summed E-state index contributed by atoms with van der Waals surface area (Å²) in [5.41, 5.74) is 0.252. The van der Waals surface area contributed by atoms with Gasteiger partial charge in [0.1, 0.15) is 52.8 Å². The van der Waals surface area contributed by atoms with Crippen LogP contribution in [0, 0.1) is 6.07 Å². The van der Waals surface area contributed by atoms with Gasteiger partial charge < -0.3 is 106 Å². The molecule has 4 rings (SSSR count). The molecule has 2 heterocycles. The molecule has 40 heteroatoms. The molecule has 0 aliphatic carbocycles. The van der Waals surface area contributed by atoms with E-state index in [1.165, 1.54) is 42.5 Å². The average molecular weight is 1230 g/mol. The molecule has 80 heavy (non-hydrogen) atoms. The summed E-state index contributed by atoms with van der Waals surface area (Å²) < 4.78 is 105. The second-order valence-corrected chi connectivity index (χ2v) is 20.5. The first-order valence-electron chi connectivity index (χ1n) is 22.2. The van der Waals surface area contributed by atoms with Gasteiger partial charge in [0.2, 0.25) is 35.7 Å². The Morgan fingerprint density at radius 3 is 1.51 bits per heavy atom. The Labute approximate surface area is 547 Å².